The molecule has 1 N–H and O–H groups in total. The van der Waals surface area contributed by atoms with Crippen molar-refractivity contribution >= 4 is 0 Å². The molecule has 2 rings (SSSR count). The summed E-state index contributed by atoms with van der Waals surface area (Å²) in [4.78, 5) is 0. The summed E-state index contributed by atoms with van der Waals surface area (Å²) in [7, 11) is 0. The molecule has 1 aromatic rings. The van der Waals surface area contributed by atoms with Crippen molar-refractivity contribution in [2.45, 2.75) is 39.2 Å². The highest BCUT2D eigenvalue weighted by molar-refractivity contribution is 5.33. The van der Waals surface area contributed by atoms with Crippen LogP contribution in [-0.4, -0.2) is 5.11 Å². The zero-order chi connectivity index (χ0) is 12.5. The van der Waals surface area contributed by atoms with Crippen LogP contribution in [0, 0.1) is 11.8 Å². The van der Waals surface area contributed by atoms with Gasteiger partial charge in [-0.3, -0.25) is 0 Å². The van der Waals surface area contributed by atoms with Crippen molar-refractivity contribution in [1.82, 2.24) is 0 Å². The van der Waals surface area contributed by atoms with Gasteiger partial charge in [0.25, 0.3) is 0 Å². The smallest absolute Gasteiger partial charge is 0.111 e. The lowest BCUT2D eigenvalue weighted by atomic mass is 9.71. The van der Waals surface area contributed by atoms with Crippen LogP contribution in [0.3, 0.4) is 0 Å². The quantitative estimate of drug-likeness (QED) is 0.764. The Morgan fingerprint density at radius 3 is 2.47 bits per heavy atom. The fourth-order valence-corrected chi connectivity index (χ4v) is 2.69. The third-order valence-electron chi connectivity index (χ3n) is 4.13. The van der Waals surface area contributed by atoms with Gasteiger partial charge in [-0.1, -0.05) is 50.3 Å². The fraction of sp³-hybridized carbons (Fsp3) is 0.500. The molecule has 17 heavy (non-hydrogen) atoms. The first-order valence-corrected chi connectivity index (χ1v) is 6.49. The first-order chi connectivity index (χ1) is 8.04. The predicted molar refractivity (Wildman–Crippen MR) is 71.7 cm³/mol. The van der Waals surface area contributed by atoms with E-state index in [2.05, 4.69) is 19.9 Å². The lowest BCUT2D eigenvalue weighted by Crippen LogP contribution is -2.34. The molecule has 0 aliphatic heterocycles. The van der Waals surface area contributed by atoms with E-state index in [1.54, 1.807) is 0 Å². The number of hydrogen-bond acceptors (Lipinski definition) is 1. The van der Waals surface area contributed by atoms with Gasteiger partial charge < -0.3 is 5.11 Å². The van der Waals surface area contributed by atoms with Gasteiger partial charge in [-0.25, -0.2) is 0 Å². The molecule has 1 aliphatic carbocycles. The van der Waals surface area contributed by atoms with Gasteiger partial charge in [0.15, 0.2) is 0 Å². The molecule has 1 aliphatic rings. The van der Waals surface area contributed by atoms with Gasteiger partial charge >= 0.3 is 0 Å². The highest BCUT2D eigenvalue weighted by atomic mass is 16.3. The molecule has 1 unspecified atom stereocenters. The molecule has 0 bridgehead atoms. The summed E-state index contributed by atoms with van der Waals surface area (Å²) in [6, 6.07) is 10.0. The van der Waals surface area contributed by atoms with Crippen molar-refractivity contribution < 1.29 is 5.11 Å². The standard InChI is InChI=1S/C16H22O/c1-12(2)14-10-9-13(3)16(17,11-14)15-7-5-4-6-8-15/h4-9,12,14,17H,10-11H2,1-3H3/t14-,16?/m0/s1. The Morgan fingerprint density at radius 1 is 1.24 bits per heavy atom. The average molecular weight is 230 g/mol. The summed E-state index contributed by atoms with van der Waals surface area (Å²) in [5.41, 5.74) is 1.37. The number of benzene rings is 1. The molecule has 0 heterocycles. The van der Waals surface area contributed by atoms with Gasteiger partial charge in [0, 0.05) is 0 Å². The molecular weight excluding hydrogens is 208 g/mol. The Hall–Kier alpha value is -1.08. The Bertz CT molecular complexity index is 405. The number of allylic oxidation sites excluding steroid dienone is 1. The minimum atomic E-state index is -0.756. The molecule has 0 aromatic heterocycles. The van der Waals surface area contributed by atoms with Crippen LogP contribution >= 0.6 is 0 Å². The summed E-state index contributed by atoms with van der Waals surface area (Å²) in [5, 5.41) is 11.0. The van der Waals surface area contributed by atoms with Gasteiger partial charge in [-0.05, 0) is 42.7 Å². The van der Waals surface area contributed by atoms with Gasteiger partial charge in [0.1, 0.15) is 5.60 Å². The zero-order valence-electron chi connectivity index (χ0n) is 11.0. The lowest BCUT2D eigenvalue weighted by Gasteiger charge is -2.38. The van der Waals surface area contributed by atoms with Crippen molar-refractivity contribution in [1.29, 1.82) is 0 Å². The summed E-state index contributed by atoms with van der Waals surface area (Å²) in [6.45, 7) is 6.53. The fourth-order valence-electron chi connectivity index (χ4n) is 2.69. The summed E-state index contributed by atoms with van der Waals surface area (Å²) in [6.07, 6.45) is 4.15. The predicted octanol–water partition coefficient (Wildman–Crippen LogP) is 3.89. The van der Waals surface area contributed by atoms with E-state index >= 15 is 0 Å². The molecule has 0 saturated heterocycles. The molecule has 1 aromatic carbocycles. The Morgan fingerprint density at radius 2 is 1.88 bits per heavy atom. The topological polar surface area (TPSA) is 20.2 Å². The minimum Gasteiger partial charge on any atom is -0.381 e. The Balaban J connectivity index is 2.35. The summed E-state index contributed by atoms with van der Waals surface area (Å²) < 4.78 is 0. The van der Waals surface area contributed by atoms with E-state index < -0.39 is 5.60 Å². The van der Waals surface area contributed by atoms with Crippen LogP contribution < -0.4 is 0 Å². The van der Waals surface area contributed by atoms with E-state index in [4.69, 9.17) is 0 Å². The second kappa shape index (κ2) is 4.66. The maximum atomic E-state index is 11.0. The second-order valence-electron chi connectivity index (χ2n) is 5.56. The van der Waals surface area contributed by atoms with E-state index in [1.807, 2.05) is 37.3 Å². The van der Waals surface area contributed by atoms with Crippen LogP contribution in [-0.2, 0) is 5.60 Å². The van der Waals surface area contributed by atoms with E-state index in [1.165, 1.54) is 0 Å². The molecule has 0 radical (unpaired) electrons. The third-order valence-corrected chi connectivity index (χ3v) is 4.13. The van der Waals surface area contributed by atoms with Gasteiger partial charge in [-0.15, -0.1) is 0 Å². The number of hydrogen-bond donors (Lipinski definition) is 1. The maximum Gasteiger partial charge on any atom is 0.111 e. The summed E-state index contributed by atoms with van der Waals surface area (Å²) >= 11 is 0. The SMILES string of the molecule is CC1=CC[C@H](C(C)C)CC1(O)c1ccccc1. The first-order valence-electron chi connectivity index (χ1n) is 6.49. The van der Waals surface area contributed by atoms with E-state index in [0.717, 1.165) is 24.0 Å². The first kappa shape index (κ1) is 12.4. The highest BCUT2D eigenvalue weighted by Gasteiger charge is 2.37. The summed E-state index contributed by atoms with van der Waals surface area (Å²) in [5.74, 6) is 1.19. The van der Waals surface area contributed by atoms with Crippen LogP contribution in [0.4, 0.5) is 0 Å². The van der Waals surface area contributed by atoms with E-state index in [-0.39, 0.29) is 0 Å². The van der Waals surface area contributed by atoms with Gasteiger partial charge in [0.2, 0.25) is 0 Å². The Kier molecular flexibility index (Phi) is 3.39. The van der Waals surface area contributed by atoms with Crippen molar-refractivity contribution in [3.63, 3.8) is 0 Å². The van der Waals surface area contributed by atoms with E-state index in [0.29, 0.717) is 11.8 Å². The molecule has 1 nitrogen and oxygen atoms in total. The second-order valence-corrected chi connectivity index (χ2v) is 5.56. The van der Waals surface area contributed by atoms with Gasteiger partial charge in [-0.2, -0.15) is 0 Å². The van der Waals surface area contributed by atoms with Crippen molar-refractivity contribution in [2.24, 2.45) is 11.8 Å². The molecule has 0 saturated carbocycles. The van der Waals surface area contributed by atoms with Crippen molar-refractivity contribution in [2.75, 3.05) is 0 Å². The lowest BCUT2D eigenvalue weighted by molar-refractivity contribution is 0.0316. The monoisotopic (exact) mass is 230 g/mol. The van der Waals surface area contributed by atoms with Crippen molar-refractivity contribution in [3.8, 4) is 0 Å². The third kappa shape index (κ3) is 2.30. The minimum absolute atomic E-state index is 0.573. The average Bonchev–Trinajstić information content (AvgIpc) is 2.33. The molecule has 0 spiro atoms. The molecule has 92 valence electrons. The zero-order valence-corrected chi connectivity index (χ0v) is 11.0. The molecule has 0 fully saturated rings. The largest absolute Gasteiger partial charge is 0.381 e. The van der Waals surface area contributed by atoms with Crippen molar-refractivity contribution in [3.05, 3.63) is 47.5 Å². The molecular formula is C16H22O. The van der Waals surface area contributed by atoms with Crippen LogP contribution in [0.1, 0.15) is 39.2 Å². The van der Waals surface area contributed by atoms with Crippen LogP contribution in [0.5, 0.6) is 0 Å². The van der Waals surface area contributed by atoms with E-state index in [9.17, 15) is 5.11 Å². The normalized spacial score (nSPS) is 29.2. The molecule has 1 heteroatoms. The van der Waals surface area contributed by atoms with Gasteiger partial charge in [0.05, 0.1) is 0 Å². The maximum absolute atomic E-state index is 11.0. The molecule has 2 atom stereocenters. The van der Waals surface area contributed by atoms with Crippen LogP contribution in [0.25, 0.3) is 0 Å². The Labute approximate surface area is 104 Å². The number of rotatable bonds is 2. The number of aliphatic hydroxyl groups is 1. The molecule has 0 amide bonds. The highest BCUT2D eigenvalue weighted by Crippen LogP contribution is 2.42. The van der Waals surface area contributed by atoms with Crippen LogP contribution in [0.15, 0.2) is 42.0 Å². The van der Waals surface area contributed by atoms with Crippen LogP contribution in [0.2, 0.25) is 0 Å².